The first-order valence-corrected chi connectivity index (χ1v) is 8.12. The first kappa shape index (κ1) is 18.0. The summed E-state index contributed by atoms with van der Waals surface area (Å²) in [6.07, 6.45) is 1.99. The molecule has 2 amide bonds. The van der Waals surface area contributed by atoms with Crippen molar-refractivity contribution in [1.29, 1.82) is 0 Å². The Labute approximate surface area is 142 Å². The highest BCUT2D eigenvalue weighted by molar-refractivity contribution is 5.94. The van der Waals surface area contributed by atoms with Crippen molar-refractivity contribution in [3.8, 4) is 5.75 Å². The average molecular weight is 332 g/mol. The zero-order chi connectivity index (χ0) is 17.5. The normalized spacial score (nSPS) is 15.9. The number of rotatable bonds is 6. The Balaban J connectivity index is 1.84. The van der Waals surface area contributed by atoms with Crippen LogP contribution in [0.3, 0.4) is 0 Å². The summed E-state index contributed by atoms with van der Waals surface area (Å²) >= 11 is 0. The number of aromatic hydroxyl groups is 1. The number of hydrogen-bond donors (Lipinski definition) is 1. The summed E-state index contributed by atoms with van der Waals surface area (Å²) in [5.74, 6) is 0.000540. The highest BCUT2D eigenvalue weighted by Gasteiger charge is 2.27. The lowest BCUT2D eigenvalue weighted by molar-refractivity contribution is -0.144. The predicted molar refractivity (Wildman–Crippen MR) is 90.8 cm³/mol. The Bertz CT molecular complexity index is 577. The lowest BCUT2D eigenvalue weighted by Gasteiger charge is -2.36. The third-order valence-electron chi connectivity index (χ3n) is 4.03. The van der Waals surface area contributed by atoms with E-state index in [-0.39, 0.29) is 17.6 Å². The van der Waals surface area contributed by atoms with Gasteiger partial charge in [-0.25, -0.2) is 0 Å². The standard InChI is InChI=1S/C18H24N2O4/c1-3-4-13-24-14(2)17(22)19-9-11-20(12-10-19)18(23)15-5-7-16(21)8-6-15/h3,5-8,14,21H,1,4,9-13H2,2H3. The van der Waals surface area contributed by atoms with Crippen molar-refractivity contribution in [3.63, 3.8) is 0 Å². The van der Waals surface area contributed by atoms with Crippen LogP contribution in [0.5, 0.6) is 5.75 Å². The number of carbonyl (C=O) groups is 2. The number of nitrogens with zero attached hydrogens (tertiary/aromatic N) is 2. The minimum Gasteiger partial charge on any atom is -0.508 e. The van der Waals surface area contributed by atoms with E-state index in [1.165, 1.54) is 12.1 Å². The Morgan fingerprint density at radius 2 is 1.79 bits per heavy atom. The van der Waals surface area contributed by atoms with Gasteiger partial charge in [0.25, 0.3) is 11.8 Å². The maximum atomic E-state index is 12.4. The molecule has 0 radical (unpaired) electrons. The van der Waals surface area contributed by atoms with Gasteiger partial charge in [0.2, 0.25) is 0 Å². The maximum Gasteiger partial charge on any atom is 0.253 e. The summed E-state index contributed by atoms with van der Waals surface area (Å²) < 4.78 is 5.49. The SMILES string of the molecule is C=CCCOC(C)C(=O)N1CCN(C(=O)c2ccc(O)cc2)CC1. The second-order valence-electron chi connectivity index (χ2n) is 5.75. The first-order valence-electron chi connectivity index (χ1n) is 8.12. The van der Waals surface area contributed by atoms with Crippen LogP contribution < -0.4 is 0 Å². The number of hydrogen-bond acceptors (Lipinski definition) is 4. The fourth-order valence-corrected chi connectivity index (χ4v) is 2.57. The number of benzene rings is 1. The Morgan fingerprint density at radius 3 is 2.38 bits per heavy atom. The topological polar surface area (TPSA) is 70.1 Å². The van der Waals surface area contributed by atoms with Crippen molar-refractivity contribution in [2.75, 3.05) is 32.8 Å². The molecule has 0 spiro atoms. The molecular weight excluding hydrogens is 308 g/mol. The van der Waals surface area contributed by atoms with Gasteiger partial charge in [-0.3, -0.25) is 9.59 Å². The van der Waals surface area contributed by atoms with Gasteiger partial charge in [0.1, 0.15) is 11.9 Å². The van der Waals surface area contributed by atoms with E-state index in [1.54, 1.807) is 34.9 Å². The van der Waals surface area contributed by atoms with Crippen LogP contribution >= 0.6 is 0 Å². The molecule has 24 heavy (non-hydrogen) atoms. The third-order valence-corrected chi connectivity index (χ3v) is 4.03. The van der Waals surface area contributed by atoms with E-state index in [1.807, 2.05) is 0 Å². The van der Waals surface area contributed by atoms with Crippen LogP contribution in [0.15, 0.2) is 36.9 Å². The van der Waals surface area contributed by atoms with Gasteiger partial charge in [-0.05, 0) is 37.6 Å². The zero-order valence-electron chi connectivity index (χ0n) is 14.0. The molecule has 1 heterocycles. The van der Waals surface area contributed by atoms with E-state index in [9.17, 15) is 14.7 Å². The van der Waals surface area contributed by atoms with Crippen molar-refractivity contribution in [2.45, 2.75) is 19.4 Å². The largest absolute Gasteiger partial charge is 0.508 e. The minimum absolute atomic E-state index is 0.0456. The second kappa shape index (κ2) is 8.49. The fraction of sp³-hybridized carbons (Fsp3) is 0.444. The number of phenolic OH excluding ortho intramolecular Hbond substituents is 1. The fourth-order valence-electron chi connectivity index (χ4n) is 2.57. The molecular formula is C18H24N2O4. The van der Waals surface area contributed by atoms with E-state index in [2.05, 4.69) is 6.58 Å². The number of carbonyl (C=O) groups excluding carboxylic acids is 2. The van der Waals surface area contributed by atoms with Gasteiger partial charge in [-0.1, -0.05) is 6.08 Å². The molecule has 1 aliphatic heterocycles. The highest BCUT2D eigenvalue weighted by atomic mass is 16.5. The van der Waals surface area contributed by atoms with Gasteiger partial charge in [-0.15, -0.1) is 6.58 Å². The van der Waals surface area contributed by atoms with Crippen LogP contribution in [0.25, 0.3) is 0 Å². The first-order chi connectivity index (χ1) is 11.5. The monoisotopic (exact) mass is 332 g/mol. The Kier molecular flexibility index (Phi) is 6.37. The van der Waals surface area contributed by atoms with Crippen molar-refractivity contribution < 1.29 is 19.4 Å². The third kappa shape index (κ3) is 4.58. The van der Waals surface area contributed by atoms with E-state index >= 15 is 0 Å². The highest BCUT2D eigenvalue weighted by Crippen LogP contribution is 2.14. The molecule has 2 rings (SSSR count). The second-order valence-corrected chi connectivity index (χ2v) is 5.75. The average Bonchev–Trinajstić information content (AvgIpc) is 2.61. The van der Waals surface area contributed by atoms with Crippen LogP contribution in [0.2, 0.25) is 0 Å². The molecule has 0 bridgehead atoms. The Morgan fingerprint density at radius 1 is 1.21 bits per heavy atom. The summed E-state index contributed by atoms with van der Waals surface area (Å²) in [5.41, 5.74) is 0.536. The molecule has 1 saturated heterocycles. The molecule has 1 atom stereocenters. The maximum absolute atomic E-state index is 12.4. The van der Waals surface area contributed by atoms with Gasteiger partial charge in [0.05, 0.1) is 6.61 Å². The van der Waals surface area contributed by atoms with Crippen LogP contribution in [-0.4, -0.2) is 65.6 Å². The molecule has 0 saturated carbocycles. The number of piperazine rings is 1. The molecule has 1 aromatic carbocycles. The molecule has 1 aliphatic rings. The van der Waals surface area contributed by atoms with Gasteiger partial charge in [-0.2, -0.15) is 0 Å². The van der Waals surface area contributed by atoms with Crippen LogP contribution in [0.4, 0.5) is 0 Å². The lowest BCUT2D eigenvalue weighted by Crippen LogP contribution is -2.52. The summed E-state index contributed by atoms with van der Waals surface area (Å²) in [6.45, 7) is 7.83. The number of phenols is 1. The van der Waals surface area contributed by atoms with E-state index < -0.39 is 6.10 Å². The molecule has 1 N–H and O–H groups in total. The van der Waals surface area contributed by atoms with Crippen LogP contribution in [0, 0.1) is 0 Å². The van der Waals surface area contributed by atoms with Crippen LogP contribution in [0.1, 0.15) is 23.7 Å². The molecule has 6 heteroatoms. The number of ether oxygens (including phenoxy) is 1. The zero-order valence-corrected chi connectivity index (χ0v) is 14.0. The van der Waals surface area contributed by atoms with Crippen molar-refractivity contribution in [1.82, 2.24) is 9.80 Å². The molecule has 6 nitrogen and oxygen atoms in total. The van der Waals surface area contributed by atoms with E-state index in [0.29, 0.717) is 44.8 Å². The van der Waals surface area contributed by atoms with Crippen molar-refractivity contribution in [2.24, 2.45) is 0 Å². The van der Waals surface area contributed by atoms with Crippen molar-refractivity contribution in [3.05, 3.63) is 42.5 Å². The minimum atomic E-state index is -0.482. The van der Waals surface area contributed by atoms with Gasteiger partial charge in [0, 0.05) is 31.7 Å². The van der Waals surface area contributed by atoms with E-state index in [4.69, 9.17) is 4.74 Å². The Hall–Kier alpha value is -2.34. The molecule has 0 aliphatic carbocycles. The molecule has 0 aromatic heterocycles. The summed E-state index contributed by atoms with van der Waals surface area (Å²) in [6, 6.07) is 6.19. The van der Waals surface area contributed by atoms with Gasteiger partial charge < -0.3 is 19.6 Å². The van der Waals surface area contributed by atoms with E-state index in [0.717, 1.165) is 0 Å². The molecule has 1 unspecified atom stereocenters. The van der Waals surface area contributed by atoms with Crippen LogP contribution in [-0.2, 0) is 9.53 Å². The summed E-state index contributed by atoms with van der Waals surface area (Å²) in [5, 5.41) is 9.29. The lowest BCUT2D eigenvalue weighted by atomic mass is 10.1. The molecule has 1 aromatic rings. The predicted octanol–water partition coefficient (Wildman–Crippen LogP) is 1.66. The number of amides is 2. The summed E-state index contributed by atoms with van der Waals surface area (Å²) in [4.78, 5) is 28.2. The van der Waals surface area contributed by atoms with Crippen molar-refractivity contribution >= 4 is 11.8 Å². The smallest absolute Gasteiger partial charge is 0.253 e. The quantitative estimate of drug-likeness (QED) is 0.635. The van der Waals surface area contributed by atoms with Gasteiger partial charge >= 0.3 is 0 Å². The molecule has 130 valence electrons. The van der Waals surface area contributed by atoms with Gasteiger partial charge in [0.15, 0.2) is 0 Å². The molecule has 1 fully saturated rings. The summed E-state index contributed by atoms with van der Waals surface area (Å²) in [7, 11) is 0.